The van der Waals surface area contributed by atoms with Crippen LogP contribution in [0.25, 0.3) is 0 Å². The minimum atomic E-state index is -0.410. The molecular formula is C14H17ClN2O2. The van der Waals surface area contributed by atoms with E-state index in [4.69, 9.17) is 16.3 Å². The number of carbonyl (C=O) groups excluding carboxylic acids is 1. The molecule has 1 aromatic carbocycles. The van der Waals surface area contributed by atoms with Gasteiger partial charge in [-0.2, -0.15) is 0 Å². The predicted octanol–water partition coefficient (Wildman–Crippen LogP) is 2.98. The third-order valence-electron chi connectivity index (χ3n) is 3.97. The molecule has 1 aromatic rings. The number of anilines is 1. The quantitative estimate of drug-likeness (QED) is 0.905. The van der Waals surface area contributed by atoms with Crippen molar-refractivity contribution >= 4 is 23.4 Å². The van der Waals surface area contributed by atoms with E-state index in [1.807, 2.05) is 12.1 Å². The molecule has 3 aliphatic heterocycles. The number of para-hydroxylation sites is 1. The molecule has 3 fully saturated rings. The van der Waals surface area contributed by atoms with E-state index in [9.17, 15) is 4.79 Å². The van der Waals surface area contributed by atoms with Crippen LogP contribution in [0.2, 0.25) is 5.02 Å². The van der Waals surface area contributed by atoms with Gasteiger partial charge in [0.05, 0.1) is 10.7 Å². The Morgan fingerprint density at radius 3 is 2.68 bits per heavy atom. The monoisotopic (exact) mass is 280 g/mol. The van der Waals surface area contributed by atoms with Crippen molar-refractivity contribution in [3.05, 3.63) is 29.3 Å². The molecule has 102 valence electrons. The Kier molecular flexibility index (Phi) is 3.62. The van der Waals surface area contributed by atoms with Gasteiger partial charge in [0, 0.05) is 6.54 Å². The van der Waals surface area contributed by atoms with E-state index in [-0.39, 0.29) is 6.10 Å². The number of nitrogens with one attached hydrogen (secondary N) is 1. The Balaban J connectivity index is 1.58. The zero-order valence-electron chi connectivity index (χ0n) is 10.6. The third kappa shape index (κ3) is 2.85. The lowest BCUT2D eigenvalue weighted by Gasteiger charge is -2.43. The van der Waals surface area contributed by atoms with Crippen molar-refractivity contribution in [3.63, 3.8) is 0 Å². The SMILES string of the molecule is O=C(Nc1ccccc1Cl)O[C@H]1CN2CCC1CC2. The fraction of sp³-hybridized carbons (Fsp3) is 0.500. The number of carbonyl (C=O) groups is 1. The minimum Gasteiger partial charge on any atom is -0.444 e. The molecule has 0 spiro atoms. The zero-order chi connectivity index (χ0) is 13.2. The number of ether oxygens (including phenoxy) is 1. The molecule has 5 heteroatoms. The van der Waals surface area contributed by atoms with Crippen molar-refractivity contribution in [3.8, 4) is 0 Å². The molecule has 1 atom stereocenters. The average Bonchev–Trinajstić information content (AvgIpc) is 2.43. The second-order valence-electron chi connectivity index (χ2n) is 5.19. The summed E-state index contributed by atoms with van der Waals surface area (Å²) in [7, 11) is 0. The molecule has 0 unspecified atom stereocenters. The van der Waals surface area contributed by atoms with Crippen LogP contribution in [-0.4, -0.2) is 36.7 Å². The first-order chi connectivity index (χ1) is 9.22. The van der Waals surface area contributed by atoms with Crippen molar-refractivity contribution in [2.75, 3.05) is 25.0 Å². The number of rotatable bonds is 2. The van der Waals surface area contributed by atoms with Gasteiger partial charge in [-0.05, 0) is 44.0 Å². The molecule has 3 aliphatic rings. The summed E-state index contributed by atoms with van der Waals surface area (Å²) in [6.45, 7) is 3.13. The number of hydrogen-bond donors (Lipinski definition) is 1. The summed E-state index contributed by atoms with van der Waals surface area (Å²) in [6.07, 6.45) is 1.87. The lowest BCUT2D eigenvalue weighted by atomic mass is 9.86. The highest BCUT2D eigenvalue weighted by atomic mass is 35.5. The normalized spacial score (nSPS) is 29.0. The van der Waals surface area contributed by atoms with Crippen molar-refractivity contribution in [2.24, 2.45) is 5.92 Å². The van der Waals surface area contributed by atoms with Gasteiger partial charge in [-0.1, -0.05) is 23.7 Å². The fourth-order valence-corrected chi connectivity index (χ4v) is 3.07. The molecular weight excluding hydrogens is 264 g/mol. The maximum absolute atomic E-state index is 11.9. The smallest absolute Gasteiger partial charge is 0.411 e. The molecule has 1 amide bonds. The topological polar surface area (TPSA) is 41.6 Å². The first-order valence-corrected chi connectivity index (χ1v) is 7.05. The van der Waals surface area contributed by atoms with Gasteiger partial charge in [0.2, 0.25) is 0 Å². The molecule has 3 heterocycles. The van der Waals surface area contributed by atoms with Gasteiger partial charge in [-0.3, -0.25) is 10.2 Å². The maximum atomic E-state index is 11.9. The molecule has 0 aromatic heterocycles. The number of hydrogen-bond acceptors (Lipinski definition) is 3. The number of piperidine rings is 3. The van der Waals surface area contributed by atoms with Crippen LogP contribution >= 0.6 is 11.6 Å². The molecule has 2 bridgehead atoms. The number of benzene rings is 1. The average molecular weight is 281 g/mol. The molecule has 19 heavy (non-hydrogen) atoms. The number of nitrogens with zero attached hydrogens (tertiary/aromatic N) is 1. The van der Waals surface area contributed by atoms with E-state index in [2.05, 4.69) is 10.2 Å². The Morgan fingerprint density at radius 1 is 1.32 bits per heavy atom. The summed E-state index contributed by atoms with van der Waals surface area (Å²) in [5, 5.41) is 3.23. The van der Waals surface area contributed by atoms with Gasteiger partial charge in [0.1, 0.15) is 6.10 Å². The number of halogens is 1. The predicted molar refractivity (Wildman–Crippen MR) is 74.5 cm³/mol. The van der Waals surface area contributed by atoms with Crippen LogP contribution in [0.15, 0.2) is 24.3 Å². The van der Waals surface area contributed by atoms with E-state index in [0.717, 1.165) is 32.5 Å². The van der Waals surface area contributed by atoms with Crippen molar-refractivity contribution in [1.29, 1.82) is 0 Å². The summed E-state index contributed by atoms with van der Waals surface area (Å²) in [5.41, 5.74) is 0.593. The van der Waals surface area contributed by atoms with Crippen LogP contribution in [-0.2, 0) is 4.74 Å². The zero-order valence-corrected chi connectivity index (χ0v) is 11.4. The van der Waals surface area contributed by atoms with E-state index in [1.54, 1.807) is 12.1 Å². The van der Waals surface area contributed by atoms with Gasteiger partial charge >= 0.3 is 6.09 Å². The Morgan fingerprint density at radius 2 is 2.05 bits per heavy atom. The van der Waals surface area contributed by atoms with Gasteiger partial charge in [-0.15, -0.1) is 0 Å². The third-order valence-corrected chi connectivity index (χ3v) is 4.29. The van der Waals surface area contributed by atoms with E-state index in [1.165, 1.54) is 0 Å². The van der Waals surface area contributed by atoms with Crippen LogP contribution in [0, 0.1) is 5.92 Å². The highest BCUT2D eigenvalue weighted by Crippen LogP contribution is 2.30. The van der Waals surface area contributed by atoms with Crippen LogP contribution < -0.4 is 5.32 Å². The molecule has 0 saturated carbocycles. The van der Waals surface area contributed by atoms with Gasteiger partial charge in [-0.25, -0.2) is 4.79 Å². The second kappa shape index (κ2) is 5.39. The summed E-state index contributed by atoms with van der Waals surface area (Å²) < 4.78 is 5.53. The van der Waals surface area contributed by atoms with E-state index in [0.29, 0.717) is 16.6 Å². The van der Waals surface area contributed by atoms with Gasteiger partial charge < -0.3 is 4.74 Å². The molecule has 3 saturated heterocycles. The standard InChI is InChI=1S/C14H17ClN2O2/c15-11-3-1-2-4-12(11)16-14(18)19-13-9-17-7-5-10(13)6-8-17/h1-4,10,13H,5-9H2,(H,16,18)/t13-/m0/s1. The van der Waals surface area contributed by atoms with E-state index >= 15 is 0 Å². The number of fused-ring (bicyclic) bond motifs is 3. The molecule has 0 aliphatic carbocycles. The van der Waals surface area contributed by atoms with Crippen molar-refractivity contribution in [2.45, 2.75) is 18.9 Å². The molecule has 4 rings (SSSR count). The lowest BCUT2D eigenvalue weighted by molar-refractivity contribution is -0.0289. The Labute approximate surface area is 117 Å². The van der Waals surface area contributed by atoms with E-state index < -0.39 is 6.09 Å². The maximum Gasteiger partial charge on any atom is 0.411 e. The van der Waals surface area contributed by atoms with Crippen molar-refractivity contribution in [1.82, 2.24) is 4.90 Å². The first-order valence-electron chi connectivity index (χ1n) is 6.67. The van der Waals surface area contributed by atoms with Crippen LogP contribution in [0.1, 0.15) is 12.8 Å². The van der Waals surface area contributed by atoms with Crippen LogP contribution in [0.4, 0.5) is 10.5 Å². The number of amides is 1. The second-order valence-corrected chi connectivity index (χ2v) is 5.59. The lowest BCUT2D eigenvalue weighted by Crippen LogP contribution is -2.52. The van der Waals surface area contributed by atoms with Gasteiger partial charge in [0.15, 0.2) is 0 Å². The van der Waals surface area contributed by atoms with Crippen molar-refractivity contribution < 1.29 is 9.53 Å². The van der Waals surface area contributed by atoms with Crippen LogP contribution in [0.3, 0.4) is 0 Å². The molecule has 0 radical (unpaired) electrons. The highest BCUT2D eigenvalue weighted by Gasteiger charge is 2.36. The summed E-state index contributed by atoms with van der Waals surface area (Å²) in [4.78, 5) is 14.3. The Bertz CT molecular complexity index is 472. The molecule has 4 nitrogen and oxygen atoms in total. The minimum absolute atomic E-state index is 0.0185. The fourth-order valence-electron chi connectivity index (χ4n) is 2.88. The highest BCUT2D eigenvalue weighted by molar-refractivity contribution is 6.33. The molecule has 1 N–H and O–H groups in total. The first kappa shape index (κ1) is 12.8. The van der Waals surface area contributed by atoms with Crippen LogP contribution in [0.5, 0.6) is 0 Å². The largest absolute Gasteiger partial charge is 0.444 e. The summed E-state index contributed by atoms with van der Waals surface area (Å²) >= 11 is 6.00. The summed E-state index contributed by atoms with van der Waals surface area (Å²) in [6, 6.07) is 7.16. The van der Waals surface area contributed by atoms with Gasteiger partial charge in [0.25, 0.3) is 0 Å². The summed E-state index contributed by atoms with van der Waals surface area (Å²) in [5.74, 6) is 0.516. The Hall–Kier alpha value is -1.26.